The van der Waals surface area contributed by atoms with E-state index in [1.807, 2.05) is 91.0 Å². The molecule has 3 aliphatic carbocycles. The molecule has 5 N–H and O–H groups in total. The number of rotatable bonds is 15. The minimum atomic E-state index is -1.82. The van der Waals surface area contributed by atoms with Crippen molar-refractivity contribution >= 4 is 29.5 Å². The Hall–Kier alpha value is -5.42. The number of ketones is 2. The Labute approximate surface area is 402 Å². The van der Waals surface area contributed by atoms with E-state index in [9.17, 15) is 30.0 Å². The average molecular weight is 952 g/mol. The van der Waals surface area contributed by atoms with Crippen molar-refractivity contribution in [3.05, 3.63) is 105 Å². The number of amides is 1. The van der Waals surface area contributed by atoms with Crippen LogP contribution in [0.3, 0.4) is 0 Å². The quantitative estimate of drug-likeness (QED) is 0.0802. The molecule has 3 fully saturated rings. The normalized spacial score (nSPS) is 31.8. The molecule has 1 amide bonds. The number of fused-ring (bicyclic) bond motifs is 2. The molecule has 11 atom stereocenters. The largest absolute Gasteiger partial charge is 0.482 e. The summed E-state index contributed by atoms with van der Waals surface area (Å²) in [6.07, 6.45) is 4.37. The molecule has 2 aromatic rings. The van der Waals surface area contributed by atoms with E-state index in [4.69, 9.17) is 28.4 Å². The summed E-state index contributed by atoms with van der Waals surface area (Å²) in [6, 6.07) is 8.17. The van der Waals surface area contributed by atoms with E-state index in [-0.39, 0.29) is 53.4 Å². The molecule has 2 saturated heterocycles. The molecule has 1 saturated carbocycles. The van der Waals surface area contributed by atoms with Gasteiger partial charge in [-0.2, -0.15) is 0 Å². The molecule has 0 aromatic heterocycles. The van der Waals surface area contributed by atoms with Crippen LogP contribution in [-0.4, -0.2) is 110 Å². The van der Waals surface area contributed by atoms with Gasteiger partial charge in [0, 0.05) is 35.0 Å². The van der Waals surface area contributed by atoms with Gasteiger partial charge >= 0.3 is 5.97 Å². The second-order valence-corrected chi connectivity index (χ2v) is 20.5. The van der Waals surface area contributed by atoms with Crippen LogP contribution in [0.2, 0.25) is 0 Å². The van der Waals surface area contributed by atoms with E-state index in [1.165, 1.54) is 6.92 Å². The fraction of sp³-hybridized carbons (Fsp3) is 0.519. The minimum Gasteiger partial charge on any atom is -0.482 e. The average Bonchev–Trinajstić information content (AvgIpc) is 3.46. The van der Waals surface area contributed by atoms with E-state index < -0.39 is 95.3 Å². The molecule has 4 heterocycles. The number of aliphatic hydroxyl groups is 4. The maximum Gasteiger partial charge on any atom is 0.328 e. The number of hydrogen-bond donors (Lipinski definition) is 5. The number of ether oxygens (including phenoxy) is 6. The lowest BCUT2D eigenvalue weighted by Crippen LogP contribution is -2.72. The van der Waals surface area contributed by atoms with Gasteiger partial charge in [-0.25, -0.2) is 4.79 Å². The highest BCUT2D eigenvalue weighted by Gasteiger charge is 2.81. The molecule has 370 valence electrons. The van der Waals surface area contributed by atoms with E-state index in [0.717, 1.165) is 16.7 Å². The van der Waals surface area contributed by atoms with Crippen LogP contribution in [0.15, 0.2) is 83.0 Å². The minimum absolute atomic E-state index is 0.0345. The second-order valence-electron chi connectivity index (χ2n) is 20.5. The number of carbonyl (C=O) groups is 4. The third-order valence-electron chi connectivity index (χ3n) is 14.5. The van der Waals surface area contributed by atoms with Crippen LogP contribution in [0.25, 0.3) is 6.08 Å². The fourth-order valence-electron chi connectivity index (χ4n) is 10.8. The molecular formula is C54H65NO14. The summed E-state index contributed by atoms with van der Waals surface area (Å²) in [7, 11) is 0. The molecule has 4 aliphatic heterocycles. The third-order valence-corrected chi connectivity index (χ3v) is 14.5. The van der Waals surface area contributed by atoms with Gasteiger partial charge in [-0.3, -0.25) is 14.4 Å². The topological polar surface area (TPSA) is 217 Å². The van der Waals surface area contributed by atoms with Crippen LogP contribution in [0.4, 0.5) is 0 Å². The summed E-state index contributed by atoms with van der Waals surface area (Å²) >= 11 is 0. The van der Waals surface area contributed by atoms with Gasteiger partial charge < -0.3 is 54.2 Å². The zero-order valence-corrected chi connectivity index (χ0v) is 40.8. The van der Waals surface area contributed by atoms with E-state index in [1.54, 1.807) is 25.2 Å². The molecule has 4 bridgehead atoms. The predicted octanol–water partition coefficient (Wildman–Crippen LogP) is 5.88. The van der Waals surface area contributed by atoms with Crippen molar-refractivity contribution in [1.82, 2.24) is 5.32 Å². The van der Waals surface area contributed by atoms with Crippen LogP contribution < -0.4 is 19.5 Å². The number of esters is 1. The number of nitrogens with one attached hydrogen (secondary N) is 1. The number of hydrogen-bond acceptors (Lipinski definition) is 14. The van der Waals surface area contributed by atoms with Gasteiger partial charge in [0.2, 0.25) is 12.2 Å². The van der Waals surface area contributed by atoms with Crippen molar-refractivity contribution in [2.24, 2.45) is 11.8 Å². The molecular weight excluding hydrogens is 887 g/mol. The highest BCUT2D eigenvalue weighted by molar-refractivity contribution is 6.19. The van der Waals surface area contributed by atoms with Crippen LogP contribution in [-0.2, 0) is 41.6 Å². The number of carbonyl (C=O) groups excluding carboxylic acids is 4. The Kier molecular flexibility index (Phi) is 13.6. The molecule has 1 spiro atoms. The van der Waals surface area contributed by atoms with Crippen LogP contribution in [0.5, 0.6) is 17.2 Å². The molecule has 0 radical (unpaired) electrons. The van der Waals surface area contributed by atoms with E-state index in [2.05, 4.69) is 11.4 Å². The summed E-state index contributed by atoms with van der Waals surface area (Å²) in [5.41, 5.74) is -1.37. The van der Waals surface area contributed by atoms with Crippen LogP contribution in [0.1, 0.15) is 115 Å². The number of benzene rings is 2. The SMILES string of the molecule is CC(C)=CCCC1(C)C=Cc2c(c(CC=C(C)C)c3c(c2O[C@@H]2O[C@H](CO)[C@@H](O)[C@H](O)[C@H]2O)C(=O)C2=CC4CC5C(C)(C)OC(CC=C(C)C(=O)NC(C)C(=O)OCc6ccccc6)(C4=O)C25O3)O1. The first-order chi connectivity index (χ1) is 32.6. The van der Waals surface area contributed by atoms with Crippen molar-refractivity contribution in [2.45, 2.75) is 160 Å². The zero-order chi connectivity index (χ0) is 50.0. The molecule has 2 aromatic carbocycles. The van der Waals surface area contributed by atoms with Crippen molar-refractivity contribution < 1.29 is 68.0 Å². The Balaban J connectivity index is 1.24. The Bertz CT molecular complexity index is 2560. The molecule has 69 heavy (non-hydrogen) atoms. The highest BCUT2D eigenvalue weighted by Crippen LogP contribution is 2.69. The smallest absolute Gasteiger partial charge is 0.328 e. The van der Waals surface area contributed by atoms with Crippen LogP contribution >= 0.6 is 0 Å². The summed E-state index contributed by atoms with van der Waals surface area (Å²) in [5.74, 6) is -3.04. The van der Waals surface area contributed by atoms with Gasteiger partial charge in [-0.05, 0) is 106 Å². The summed E-state index contributed by atoms with van der Waals surface area (Å²) in [4.78, 5) is 57.6. The monoisotopic (exact) mass is 951 g/mol. The van der Waals surface area contributed by atoms with Gasteiger partial charge in [0.1, 0.15) is 65.5 Å². The van der Waals surface area contributed by atoms with Crippen molar-refractivity contribution in [3.8, 4) is 17.2 Å². The standard InChI is InChI=1S/C54H65NO14/c1-28(2)14-13-21-52(9)22-20-35-44(67-52)34(18-17-29(3)4)46-39(45(35)66-50-43(60)42(59)41(58)37(26-56)65-50)40(57)36-24-33-25-38-51(7,8)69-53(47(33)61,54(36,38)68-46)23-19-30(5)48(62)55-31(6)49(63)64-27-32-15-11-10-12-16-32/h10-12,14-17,19-20,22,24,31,33,37-38,41-43,50,56,58-60H,13,18,21,23,25-27H2,1-9H3,(H,55,62)/t31?,33?,37-,38?,41-,42+,43-,50+,52?,53?,54?/m1/s1. The molecule has 7 aliphatic rings. The Morgan fingerprint density at radius 3 is 2.32 bits per heavy atom. The van der Waals surface area contributed by atoms with Gasteiger partial charge in [-0.15, -0.1) is 0 Å². The van der Waals surface area contributed by atoms with Gasteiger partial charge in [0.15, 0.2) is 22.8 Å². The first-order valence-corrected chi connectivity index (χ1v) is 23.8. The van der Waals surface area contributed by atoms with Crippen molar-refractivity contribution in [2.75, 3.05) is 6.61 Å². The highest BCUT2D eigenvalue weighted by atomic mass is 16.7. The summed E-state index contributed by atoms with van der Waals surface area (Å²) in [5, 5.41) is 45.6. The molecule has 9 rings (SSSR count). The fourth-order valence-corrected chi connectivity index (χ4v) is 10.8. The lowest BCUT2D eigenvalue weighted by molar-refractivity contribution is -0.277. The van der Waals surface area contributed by atoms with Gasteiger partial charge in [0.05, 0.1) is 17.8 Å². The number of allylic oxidation sites excluding steroid dienone is 5. The second kappa shape index (κ2) is 18.7. The first kappa shape index (κ1) is 50.0. The van der Waals surface area contributed by atoms with E-state index in [0.29, 0.717) is 36.1 Å². The van der Waals surface area contributed by atoms with Crippen molar-refractivity contribution in [3.63, 3.8) is 0 Å². The third kappa shape index (κ3) is 8.69. The molecule has 6 unspecified atom stereocenters. The number of Topliss-reactive ketones (excluding diaryl/α,β-unsaturated/α-hetero) is 2. The lowest BCUT2D eigenvalue weighted by Gasteiger charge is -2.56. The Morgan fingerprint density at radius 1 is 0.928 bits per heavy atom. The predicted molar refractivity (Wildman–Crippen MR) is 253 cm³/mol. The van der Waals surface area contributed by atoms with Crippen LogP contribution in [0, 0.1) is 11.8 Å². The first-order valence-electron chi connectivity index (χ1n) is 23.8. The lowest BCUT2D eigenvalue weighted by atomic mass is 9.51. The molecule has 15 heteroatoms. The number of aliphatic hydroxyl groups excluding tert-OH is 4. The van der Waals surface area contributed by atoms with E-state index >= 15 is 9.59 Å². The molecule has 15 nitrogen and oxygen atoms in total. The summed E-state index contributed by atoms with van der Waals surface area (Å²) < 4.78 is 39.3. The maximum absolute atomic E-state index is 15.8. The van der Waals surface area contributed by atoms with Crippen molar-refractivity contribution in [1.29, 1.82) is 0 Å². The Morgan fingerprint density at radius 2 is 1.64 bits per heavy atom. The summed E-state index contributed by atoms with van der Waals surface area (Å²) in [6.45, 7) is 16.0. The maximum atomic E-state index is 15.8. The van der Waals surface area contributed by atoms with Gasteiger partial charge in [-0.1, -0.05) is 65.8 Å². The zero-order valence-electron chi connectivity index (χ0n) is 40.8. The van der Waals surface area contributed by atoms with Gasteiger partial charge in [0.25, 0.3) is 0 Å².